The van der Waals surface area contributed by atoms with Gasteiger partial charge in [-0.1, -0.05) is 18.2 Å². The monoisotopic (exact) mass is 515 g/mol. The van der Waals surface area contributed by atoms with E-state index in [0.29, 0.717) is 31.4 Å². The van der Waals surface area contributed by atoms with Gasteiger partial charge in [-0.3, -0.25) is 4.79 Å². The number of likely N-dealkylation sites (N-methyl/N-ethyl adjacent to an activating group) is 1. The summed E-state index contributed by atoms with van der Waals surface area (Å²) in [4.78, 5) is 13.1. The summed E-state index contributed by atoms with van der Waals surface area (Å²) in [5.74, 6) is -0.959. The van der Waals surface area contributed by atoms with Gasteiger partial charge in [0, 0.05) is 18.7 Å². The largest absolute Gasteiger partial charge is 0.497 e. The molecule has 1 aliphatic heterocycles. The lowest BCUT2D eigenvalue weighted by Crippen LogP contribution is -2.53. The third kappa shape index (κ3) is 6.93. The maximum absolute atomic E-state index is 13.9. The fourth-order valence-electron chi connectivity index (χ4n) is 5.08. The number of hydrogen-bond donors (Lipinski definition) is 4. The molecule has 5 atom stereocenters. The highest BCUT2D eigenvalue weighted by Crippen LogP contribution is 2.42. The highest BCUT2D eigenvalue weighted by atomic mass is 19.1. The third-order valence-electron chi connectivity index (χ3n) is 7.06. The van der Waals surface area contributed by atoms with Gasteiger partial charge in [0.25, 0.3) is 0 Å². The summed E-state index contributed by atoms with van der Waals surface area (Å²) < 4.78 is 39.3. The molecule has 37 heavy (non-hydrogen) atoms. The quantitative estimate of drug-likeness (QED) is 0.468. The number of carbonyl (C=O) groups excluding carboxylic acids is 1. The molecule has 1 heterocycles. The molecule has 2 aromatic carbocycles. The molecule has 4 N–H and O–H groups in total. The van der Waals surface area contributed by atoms with Crippen LogP contribution in [0, 0.1) is 11.6 Å². The van der Waals surface area contributed by atoms with Gasteiger partial charge in [0.15, 0.2) is 0 Å². The Balaban J connectivity index is 1.60. The zero-order valence-electron chi connectivity index (χ0n) is 21.2. The first kappa shape index (κ1) is 27.2. The van der Waals surface area contributed by atoms with Gasteiger partial charge in [-0.05, 0) is 73.7 Å². The lowest BCUT2D eigenvalue weighted by atomic mass is 9.99. The molecule has 9 heteroatoms. The Morgan fingerprint density at radius 2 is 1.92 bits per heavy atom. The number of amides is 1. The average molecular weight is 516 g/mol. The summed E-state index contributed by atoms with van der Waals surface area (Å²) in [5.41, 5.74) is 2.46. The molecule has 0 unspecified atom stereocenters. The van der Waals surface area contributed by atoms with Crippen molar-refractivity contribution in [1.82, 2.24) is 16.0 Å². The molecule has 0 radical (unpaired) electrons. The molecular formula is C28H35F2N3O4. The molecule has 7 nitrogen and oxygen atoms in total. The number of benzene rings is 2. The second-order valence-electron chi connectivity index (χ2n) is 9.57. The van der Waals surface area contributed by atoms with E-state index in [0.717, 1.165) is 22.9 Å². The topological polar surface area (TPSA) is 91.9 Å². The van der Waals surface area contributed by atoms with E-state index in [9.17, 15) is 18.7 Å². The van der Waals surface area contributed by atoms with Crippen LogP contribution in [0.3, 0.4) is 0 Å². The highest BCUT2D eigenvalue weighted by Gasteiger charge is 2.33. The maximum Gasteiger partial charge on any atom is 0.237 e. The first-order valence-corrected chi connectivity index (χ1v) is 12.7. The van der Waals surface area contributed by atoms with Gasteiger partial charge < -0.3 is 30.5 Å². The number of aliphatic hydroxyl groups is 1. The second-order valence-corrected chi connectivity index (χ2v) is 9.57. The lowest BCUT2D eigenvalue weighted by Gasteiger charge is -2.28. The van der Waals surface area contributed by atoms with Crippen LogP contribution in [0.15, 0.2) is 48.6 Å². The Morgan fingerprint density at radius 3 is 2.65 bits per heavy atom. The Morgan fingerprint density at radius 1 is 1.14 bits per heavy atom. The predicted octanol–water partition coefficient (Wildman–Crippen LogP) is 3.09. The van der Waals surface area contributed by atoms with E-state index < -0.39 is 29.8 Å². The molecule has 2 aromatic rings. The van der Waals surface area contributed by atoms with E-state index in [1.807, 2.05) is 30.4 Å². The maximum atomic E-state index is 13.9. The smallest absolute Gasteiger partial charge is 0.237 e. The summed E-state index contributed by atoms with van der Waals surface area (Å²) in [6, 6.07) is 7.77. The summed E-state index contributed by atoms with van der Waals surface area (Å²) in [6.45, 7) is 0.606. The highest BCUT2D eigenvalue weighted by molar-refractivity contribution is 5.82. The number of ether oxygens (including phenoxy) is 2. The number of hydrogen-bond acceptors (Lipinski definition) is 6. The normalized spacial score (nSPS) is 26.9. The molecule has 2 aliphatic rings. The molecule has 1 amide bonds. The van der Waals surface area contributed by atoms with Crippen molar-refractivity contribution >= 4 is 5.91 Å². The molecule has 0 spiro atoms. The number of carbonyl (C=O) groups is 1. The number of nitrogens with one attached hydrogen (secondary N) is 3. The minimum atomic E-state index is -1.02. The van der Waals surface area contributed by atoms with Crippen LogP contribution < -0.4 is 20.7 Å². The Kier molecular flexibility index (Phi) is 9.26. The fraction of sp³-hybridized carbons (Fsp3) is 0.464. The fourth-order valence-corrected chi connectivity index (χ4v) is 5.08. The molecule has 0 aromatic heterocycles. The summed E-state index contributed by atoms with van der Waals surface area (Å²) in [7, 11) is 3.32. The zero-order chi connectivity index (χ0) is 26.4. The van der Waals surface area contributed by atoms with Crippen molar-refractivity contribution in [3.63, 3.8) is 0 Å². The number of fused-ring (bicyclic) bond motifs is 5. The summed E-state index contributed by atoms with van der Waals surface area (Å²) >= 11 is 0. The van der Waals surface area contributed by atoms with Gasteiger partial charge in [-0.15, -0.1) is 0 Å². The predicted molar refractivity (Wildman–Crippen MR) is 136 cm³/mol. The Hall–Kier alpha value is -2.85. The third-order valence-corrected chi connectivity index (χ3v) is 7.06. The standard InChI is InChI=1S/C28H35F2N3O4/c1-31-23-6-4-3-5-9-37-27-15-24(22-14-20(36-2)7-8-21(22)27)32-16-26(34)25(33-28(23)35)12-17-10-18(29)13-19(30)11-17/h3,5,7-8,10-11,13-14,23-27,31-32,34H,4,6,9,12,15-16H2,1-2H3,(H,33,35)/t23-,24-,25-,26+,27+/m0/s1. The van der Waals surface area contributed by atoms with Crippen LogP contribution in [0.4, 0.5) is 8.78 Å². The van der Waals surface area contributed by atoms with E-state index >= 15 is 0 Å². The zero-order valence-corrected chi connectivity index (χ0v) is 21.2. The molecule has 0 saturated carbocycles. The van der Waals surface area contributed by atoms with Crippen LogP contribution in [0.1, 0.15) is 48.1 Å². The van der Waals surface area contributed by atoms with Crippen molar-refractivity contribution in [2.24, 2.45) is 0 Å². The average Bonchev–Trinajstić information content (AvgIpc) is 3.21. The molecule has 4 rings (SSSR count). The van der Waals surface area contributed by atoms with Gasteiger partial charge >= 0.3 is 0 Å². The van der Waals surface area contributed by atoms with Crippen LogP contribution in [-0.4, -0.2) is 56.5 Å². The van der Waals surface area contributed by atoms with Gasteiger partial charge in [0.2, 0.25) is 5.91 Å². The second kappa shape index (κ2) is 12.6. The molecule has 200 valence electrons. The Labute approximate surface area is 216 Å². The summed E-state index contributed by atoms with van der Waals surface area (Å²) in [5, 5.41) is 20.5. The van der Waals surface area contributed by atoms with E-state index in [2.05, 4.69) is 16.0 Å². The van der Waals surface area contributed by atoms with Crippen molar-refractivity contribution < 1.29 is 28.2 Å². The number of rotatable bonds is 4. The van der Waals surface area contributed by atoms with Crippen molar-refractivity contribution in [2.45, 2.75) is 56.0 Å². The van der Waals surface area contributed by atoms with Crippen LogP contribution in [0.5, 0.6) is 5.75 Å². The first-order valence-electron chi connectivity index (χ1n) is 12.7. The first-order chi connectivity index (χ1) is 17.9. The van der Waals surface area contributed by atoms with Gasteiger partial charge in [-0.2, -0.15) is 0 Å². The number of β-amino-alcohol motifs (C(OH)–C–C–N with tert-alkyl or cyclic N) is 1. The number of aliphatic hydroxyl groups excluding tert-OH is 1. The molecule has 2 bridgehead atoms. The van der Waals surface area contributed by atoms with Crippen molar-refractivity contribution in [2.75, 3.05) is 27.3 Å². The molecule has 0 fully saturated rings. The lowest BCUT2D eigenvalue weighted by molar-refractivity contribution is -0.124. The van der Waals surface area contributed by atoms with E-state index in [1.54, 1.807) is 14.2 Å². The molecular weight excluding hydrogens is 480 g/mol. The number of methoxy groups -OCH3 is 1. The van der Waals surface area contributed by atoms with Crippen LogP contribution >= 0.6 is 0 Å². The van der Waals surface area contributed by atoms with Gasteiger partial charge in [-0.25, -0.2) is 8.78 Å². The Bertz CT molecular complexity index is 1090. The van der Waals surface area contributed by atoms with Crippen LogP contribution in [0.2, 0.25) is 0 Å². The van der Waals surface area contributed by atoms with Crippen molar-refractivity contribution in [1.29, 1.82) is 0 Å². The minimum Gasteiger partial charge on any atom is -0.497 e. The van der Waals surface area contributed by atoms with Gasteiger partial charge in [0.05, 0.1) is 38.0 Å². The summed E-state index contributed by atoms with van der Waals surface area (Å²) in [6.07, 6.45) is 4.78. The van der Waals surface area contributed by atoms with Gasteiger partial charge in [0.1, 0.15) is 17.4 Å². The SMILES string of the molecule is CN[C@H]1CCC=CCO[C@@H]2C[C@H](NC[C@@H](O)[C@H](Cc3cc(F)cc(F)c3)NC1=O)c1cc(OC)ccc12. The van der Waals surface area contributed by atoms with E-state index in [-0.39, 0.29) is 31.0 Å². The molecule has 0 saturated heterocycles. The van der Waals surface area contributed by atoms with Crippen LogP contribution in [0.25, 0.3) is 0 Å². The van der Waals surface area contributed by atoms with Crippen molar-refractivity contribution in [3.05, 3.63) is 76.9 Å². The van der Waals surface area contributed by atoms with E-state index in [4.69, 9.17) is 9.47 Å². The number of allylic oxidation sites excluding steroid dienone is 1. The minimum absolute atomic E-state index is 0.0699. The van der Waals surface area contributed by atoms with Crippen molar-refractivity contribution in [3.8, 4) is 5.75 Å². The van der Waals surface area contributed by atoms with Crippen LogP contribution in [-0.2, 0) is 16.0 Å². The van der Waals surface area contributed by atoms with E-state index in [1.165, 1.54) is 12.1 Å². The number of halogens is 2. The molecule has 1 aliphatic carbocycles.